The second-order valence-corrected chi connectivity index (χ2v) is 9.15. The molecule has 1 aliphatic rings. The zero-order chi connectivity index (χ0) is 25.7. The molecule has 0 saturated carbocycles. The molecule has 0 atom stereocenters. The van der Waals surface area contributed by atoms with Crippen LogP contribution in [0.1, 0.15) is 28.8 Å². The molecule has 4 rings (SSSR count). The third kappa shape index (κ3) is 5.48. The van der Waals surface area contributed by atoms with Crippen LogP contribution in [-0.2, 0) is 14.2 Å². The summed E-state index contributed by atoms with van der Waals surface area (Å²) in [6.45, 7) is 3.87. The third-order valence-electron chi connectivity index (χ3n) is 6.60. The predicted octanol–water partition coefficient (Wildman–Crippen LogP) is 6.12. The molecule has 2 aromatic carbocycles. The minimum absolute atomic E-state index is 0.151. The minimum atomic E-state index is -0.562. The predicted molar refractivity (Wildman–Crippen MR) is 140 cm³/mol. The molecule has 0 spiro atoms. The molecule has 0 aliphatic carbocycles. The lowest BCUT2D eigenvalue weighted by molar-refractivity contribution is -0.141. The van der Waals surface area contributed by atoms with Gasteiger partial charge in [-0.2, -0.15) is 0 Å². The number of hydrogen-bond donors (Lipinski definition) is 0. The monoisotopic (exact) mass is 510 g/mol. The van der Waals surface area contributed by atoms with Gasteiger partial charge in [0.15, 0.2) is 12.0 Å². The first-order valence-corrected chi connectivity index (χ1v) is 12.2. The highest BCUT2D eigenvalue weighted by molar-refractivity contribution is 6.34. The Morgan fingerprint density at radius 3 is 2.33 bits per heavy atom. The molecule has 0 bridgehead atoms. The van der Waals surface area contributed by atoms with Gasteiger partial charge in [-0.05, 0) is 55.2 Å². The smallest absolute Gasteiger partial charge is 0.343 e. The molecule has 1 aliphatic heterocycles. The van der Waals surface area contributed by atoms with Gasteiger partial charge in [-0.25, -0.2) is 4.79 Å². The van der Waals surface area contributed by atoms with E-state index in [1.807, 2.05) is 6.92 Å². The molecule has 3 aromatic rings. The van der Waals surface area contributed by atoms with Gasteiger partial charge in [-0.1, -0.05) is 29.8 Å². The van der Waals surface area contributed by atoms with Crippen molar-refractivity contribution < 1.29 is 23.7 Å². The Morgan fingerprint density at radius 2 is 1.69 bits per heavy atom. The SMILES string of the molecule is COC(=O)c1c(Cl)cccc1Oc1cncc(C)c1-c1ccc(N2CCC(C(OC)OC)CC2)cc1. The van der Waals surface area contributed by atoms with Crippen molar-refractivity contribution in [1.82, 2.24) is 4.98 Å². The van der Waals surface area contributed by atoms with E-state index in [2.05, 4.69) is 34.1 Å². The maximum absolute atomic E-state index is 12.3. The van der Waals surface area contributed by atoms with Gasteiger partial charge in [0, 0.05) is 50.7 Å². The highest BCUT2D eigenvalue weighted by Crippen LogP contribution is 2.38. The summed E-state index contributed by atoms with van der Waals surface area (Å²) in [5.74, 6) is 0.679. The van der Waals surface area contributed by atoms with E-state index in [1.54, 1.807) is 44.8 Å². The van der Waals surface area contributed by atoms with Crippen LogP contribution in [0.3, 0.4) is 0 Å². The second kappa shape index (κ2) is 11.7. The van der Waals surface area contributed by atoms with Gasteiger partial charge in [0.05, 0.1) is 18.3 Å². The van der Waals surface area contributed by atoms with E-state index in [9.17, 15) is 4.79 Å². The molecular weight excluding hydrogens is 480 g/mol. The Balaban J connectivity index is 1.57. The number of anilines is 1. The number of carbonyl (C=O) groups excluding carboxylic acids is 1. The van der Waals surface area contributed by atoms with Crippen LogP contribution in [0.2, 0.25) is 5.02 Å². The summed E-state index contributed by atoms with van der Waals surface area (Å²) in [5, 5.41) is 0.261. The molecule has 190 valence electrons. The first-order valence-electron chi connectivity index (χ1n) is 11.9. The maximum Gasteiger partial charge on any atom is 0.343 e. The molecule has 0 radical (unpaired) electrons. The number of esters is 1. The van der Waals surface area contributed by atoms with E-state index in [1.165, 1.54) is 12.8 Å². The number of piperidine rings is 1. The van der Waals surface area contributed by atoms with Gasteiger partial charge in [-0.3, -0.25) is 4.98 Å². The first-order chi connectivity index (χ1) is 17.5. The number of methoxy groups -OCH3 is 3. The number of carbonyl (C=O) groups is 1. The van der Waals surface area contributed by atoms with E-state index in [-0.39, 0.29) is 16.9 Å². The number of aryl methyl sites for hydroxylation is 1. The molecule has 1 fully saturated rings. The Labute approximate surface area is 216 Å². The van der Waals surface area contributed by atoms with Crippen LogP contribution >= 0.6 is 11.6 Å². The third-order valence-corrected chi connectivity index (χ3v) is 6.91. The zero-order valence-electron chi connectivity index (χ0n) is 21.0. The van der Waals surface area contributed by atoms with Crippen molar-refractivity contribution in [3.63, 3.8) is 0 Å². The van der Waals surface area contributed by atoms with Gasteiger partial charge >= 0.3 is 5.97 Å². The Kier molecular flexibility index (Phi) is 8.46. The van der Waals surface area contributed by atoms with Crippen molar-refractivity contribution in [1.29, 1.82) is 0 Å². The Morgan fingerprint density at radius 1 is 1.00 bits per heavy atom. The van der Waals surface area contributed by atoms with Crippen molar-refractivity contribution in [3.05, 3.63) is 71.0 Å². The fraction of sp³-hybridized carbons (Fsp3) is 0.357. The fourth-order valence-electron chi connectivity index (χ4n) is 4.75. The minimum Gasteiger partial charge on any atom is -0.465 e. The van der Waals surface area contributed by atoms with Crippen molar-refractivity contribution in [3.8, 4) is 22.6 Å². The summed E-state index contributed by atoms with van der Waals surface area (Å²) < 4.78 is 22.0. The van der Waals surface area contributed by atoms with Crippen LogP contribution in [0.5, 0.6) is 11.5 Å². The molecule has 0 unspecified atom stereocenters. The number of nitrogens with zero attached hydrogens (tertiary/aromatic N) is 2. The van der Waals surface area contributed by atoms with E-state index >= 15 is 0 Å². The first kappa shape index (κ1) is 25.9. The number of benzene rings is 2. The molecule has 8 heteroatoms. The highest BCUT2D eigenvalue weighted by atomic mass is 35.5. The summed E-state index contributed by atoms with van der Waals surface area (Å²) in [6, 6.07) is 13.5. The number of ether oxygens (including phenoxy) is 4. The van der Waals surface area contributed by atoms with Gasteiger partial charge in [0.25, 0.3) is 0 Å². The van der Waals surface area contributed by atoms with E-state index in [0.29, 0.717) is 17.4 Å². The van der Waals surface area contributed by atoms with Crippen LogP contribution in [0, 0.1) is 12.8 Å². The topological polar surface area (TPSA) is 70.1 Å². The van der Waals surface area contributed by atoms with Crippen LogP contribution in [0.4, 0.5) is 5.69 Å². The van der Waals surface area contributed by atoms with Gasteiger partial charge in [-0.15, -0.1) is 0 Å². The lowest BCUT2D eigenvalue weighted by atomic mass is 9.95. The summed E-state index contributed by atoms with van der Waals surface area (Å²) in [5.41, 5.74) is 4.18. The largest absolute Gasteiger partial charge is 0.465 e. The fourth-order valence-corrected chi connectivity index (χ4v) is 4.99. The molecule has 7 nitrogen and oxygen atoms in total. The van der Waals surface area contributed by atoms with Gasteiger partial charge in [0.1, 0.15) is 11.3 Å². The molecule has 2 heterocycles. The number of pyridine rings is 1. The standard InChI is InChI=1S/C28H31ClN2O5/c1-18-16-30-17-24(36-23-7-5-6-22(29)26(23)27(32)33-2)25(18)19-8-10-21(11-9-19)31-14-12-20(13-15-31)28(34-3)35-4/h5-11,16-17,20,28H,12-15H2,1-4H3. The van der Waals surface area contributed by atoms with Crippen LogP contribution in [0.25, 0.3) is 11.1 Å². The number of hydrogen-bond acceptors (Lipinski definition) is 7. The Hall–Kier alpha value is -3.13. The maximum atomic E-state index is 12.3. The summed E-state index contributed by atoms with van der Waals surface area (Å²) in [4.78, 5) is 19.0. The average Bonchev–Trinajstić information content (AvgIpc) is 2.90. The lowest BCUT2D eigenvalue weighted by Gasteiger charge is -2.36. The lowest BCUT2D eigenvalue weighted by Crippen LogP contribution is -2.39. The molecule has 0 amide bonds. The number of rotatable bonds is 8. The van der Waals surface area contributed by atoms with Gasteiger partial charge in [0.2, 0.25) is 0 Å². The van der Waals surface area contributed by atoms with Crippen molar-refractivity contribution >= 4 is 23.3 Å². The van der Waals surface area contributed by atoms with E-state index < -0.39 is 5.97 Å². The van der Waals surface area contributed by atoms with E-state index in [0.717, 1.165) is 42.6 Å². The average molecular weight is 511 g/mol. The number of halogens is 1. The van der Waals surface area contributed by atoms with Crippen molar-refractivity contribution in [2.24, 2.45) is 5.92 Å². The summed E-state index contributed by atoms with van der Waals surface area (Å²) >= 11 is 6.28. The van der Waals surface area contributed by atoms with Crippen molar-refractivity contribution in [2.45, 2.75) is 26.1 Å². The normalized spacial score (nSPS) is 14.2. The molecule has 1 aromatic heterocycles. The molecule has 36 heavy (non-hydrogen) atoms. The zero-order valence-corrected chi connectivity index (χ0v) is 21.7. The molecular formula is C28H31ClN2O5. The van der Waals surface area contributed by atoms with Crippen LogP contribution in [0.15, 0.2) is 54.9 Å². The van der Waals surface area contributed by atoms with Crippen LogP contribution in [-0.4, -0.2) is 51.7 Å². The van der Waals surface area contributed by atoms with Gasteiger partial charge < -0.3 is 23.8 Å². The second-order valence-electron chi connectivity index (χ2n) is 8.75. The highest BCUT2D eigenvalue weighted by Gasteiger charge is 2.27. The Bertz CT molecular complexity index is 1190. The summed E-state index contributed by atoms with van der Waals surface area (Å²) in [6.07, 6.45) is 5.31. The van der Waals surface area contributed by atoms with Crippen molar-refractivity contribution in [2.75, 3.05) is 39.3 Å². The van der Waals surface area contributed by atoms with Crippen LogP contribution < -0.4 is 9.64 Å². The quantitative estimate of drug-likeness (QED) is 0.267. The number of aromatic nitrogens is 1. The van der Waals surface area contributed by atoms with E-state index in [4.69, 9.17) is 30.5 Å². The molecule has 0 N–H and O–H groups in total. The molecule has 1 saturated heterocycles. The summed E-state index contributed by atoms with van der Waals surface area (Å²) in [7, 11) is 4.70.